The molecule has 3 heterocycles. The molecule has 3 aliphatic heterocycles. The number of hydrogen-bond acceptors (Lipinski definition) is 5. The van der Waals surface area contributed by atoms with Crippen LogP contribution in [0, 0.1) is 0 Å². The molecule has 0 amide bonds. The van der Waals surface area contributed by atoms with Gasteiger partial charge in [-0.2, -0.15) is 0 Å². The highest BCUT2D eigenvalue weighted by Crippen LogP contribution is 2.22. The first-order valence-electron chi connectivity index (χ1n) is 7.06. The molecule has 0 aromatic carbocycles. The molecule has 3 rings (SSSR count). The third-order valence-corrected chi connectivity index (χ3v) is 4.43. The first kappa shape index (κ1) is 14.3. The van der Waals surface area contributed by atoms with Gasteiger partial charge in [-0.15, -0.1) is 0 Å². The van der Waals surface area contributed by atoms with Gasteiger partial charge in [0.05, 0.1) is 13.2 Å². The van der Waals surface area contributed by atoms with E-state index in [-0.39, 0.29) is 6.29 Å². The van der Waals surface area contributed by atoms with Crippen LogP contribution >= 0.6 is 22.6 Å². The van der Waals surface area contributed by atoms with Crippen molar-refractivity contribution in [3.63, 3.8) is 0 Å². The van der Waals surface area contributed by atoms with Gasteiger partial charge in [0.1, 0.15) is 22.3 Å². The van der Waals surface area contributed by atoms with Crippen molar-refractivity contribution in [2.75, 3.05) is 26.4 Å². The van der Waals surface area contributed by atoms with Crippen LogP contribution in [0.1, 0.15) is 19.3 Å². The van der Waals surface area contributed by atoms with E-state index in [1.807, 2.05) is 18.4 Å². The number of fused-ring (bicyclic) bond motifs is 1. The summed E-state index contributed by atoms with van der Waals surface area (Å²) in [6.45, 7) is 2.75. The lowest BCUT2D eigenvalue weighted by Crippen LogP contribution is -2.28. The number of amidine groups is 1. The molecule has 0 bridgehead atoms. The number of aliphatic imine (C=N–C) groups is 1. The molecule has 0 aromatic rings. The predicted molar refractivity (Wildman–Crippen MR) is 84.7 cm³/mol. The monoisotopic (exact) mass is 390 g/mol. The number of hydrogen-bond donors (Lipinski definition) is 0. The number of alkyl halides is 1. The smallest absolute Gasteiger partial charge is 0.157 e. The Bertz CT molecular complexity index is 430. The molecule has 1 fully saturated rings. The number of halogens is 1. The van der Waals surface area contributed by atoms with E-state index in [0.717, 1.165) is 37.6 Å². The summed E-state index contributed by atoms with van der Waals surface area (Å²) < 4.78 is 17.3. The summed E-state index contributed by atoms with van der Waals surface area (Å²) in [5.41, 5.74) is 0. The highest BCUT2D eigenvalue weighted by atomic mass is 127. The van der Waals surface area contributed by atoms with E-state index in [1.165, 1.54) is 6.42 Å². The van der Waals surface area contributed by atoms with E-state index in [4.69, 9.17) is 14.2 Å². The molecule has 0 radical (unpaired) electrons. The van der Waals surface area contributed by atoms with Gasteiger partial charge >= 0.3 is 0 Å². The van der Waals surface area contributed by atoms with Crippen molar-refractivity contribution < 1.29 is 14.2 Å². The Morgan fingerprint density at radius 3 is 3.20 bits per heavy atom. The fourth-order valence-corrected chi connectivity index (χ4v) is 3.04. The zero-order chi connectivity index (χ0) is 13.8. The van der Waals surface area contributed by atoms with E-state index >= 15 is 0 Å². The molecule has 0 N–H and O–H groups in total. The first-order chi connectivity index (χ1) is 9.83. The molecular weight excluding hydrogens is 371 g/mol. The van der Waals surface area contributed by atoms with Crippen molar-refractivity contribution in [3.8, 4) is 0 Å². The first-order valence-corrected chi connectivity index (χ1v) is 8.30. The highest BCUT2D eigenvalue weighted by Gasteiger charge is 2.24. The van der Waals surface area contributed by atoms with Crippen LogP contribution < -0.4 is 0 Å². The van der Waals surface area contributed by atoms with E-state index in [1.54, 1.807) is 0 Å². The molecular formula is C14H19IN2O3. The average molecular weight is 390 g/mol. The summed E-state index contributed by atoms with van der Waals surface area (Å²) in [6, 6.07) is 0. The molecule has 1 saturated heterocycles. The zero-order valence-electron chi connectivity index (χ0n) is 11.3. The van der Waals surface area contributed by atoms with Crippen LogP contribution in [0.3, 0.4) is 0 Å². The summed E-state index contributed by atoms with van der Waals surface area (Å²) in [5, 5.41) is 0. The SMILES string of the molecule is IC1CN=C2C=C(OCCOC3CCCCO3)C=CN21. The predicted octanol–water partition coefficient (Wildman–Crippen LogP) is 2.43. The number of nitrogens with zero attached hydrogens (tertiary/aromatic N) is 2. The van der Waals surface area contributed by atoms with Crippen LogP contribution in [0.25, 0.3) is 0 Å². The summed E-state index contributed by atoms with van der Waals surface area (Å²) in [5.74, 6) is 1.83. The van der Waals surface area contributed by atoms with Crippen LogP contribution in [-0.4, -0.2) is 47.4 Å². The third kappa shape index (κ3) is 3.53. The third-order valence-electron chi connectivity index (χ3n) is 3.43. The van der Waals surface area contributed by atoms with Crippen molar-refractivity contribution in [2.24, 2.45) is 4.99 Å². The van der Waals surface area contributed by atoms with Gasteiger partial charge in [0, 0.05) is 18.9 Å². The van der Waals surface area contributed by atoms with Gasteiger partial charge in [-0.05, 0) is 25.3 Å². The minimum atomic E-state index is -0.0438. The van der Waals surface area contributed by atoms with Crippen molar-refractivity contribution in [3.05, 3.63) is 24.1 Å². The fourth-order valence-electron chi connectivity index (χ4n) is 2.37. The van der Waals surface area contributed by atoms with Crippen molar-refractivity contribution in [1.82, 2.24) is 4.90 Å². The lowest BCUT2D eigenvalue weighted by molar-refractivity contribution is -0.167. The van der Waals surface area contributed by atoms with Gasteiger partial charge in [0.25, 0.3) is 0 Å². The largest absolute Gasteiger partial charge is 0.491 e. The van der Waals surface area contributed by atoms with Gasteiger partial charge in [0.2, 0.25) is 0 Å². The van der Waals surface area contributed by atoms with Crippen LogP contribution in [0.4, 0.5) is 0 Å². The van der Waals surface area contributed by atoms with E-state index < -0.39 is 0 Å². The second kappa shape index (κ2) is 6.91. The second-order valence-electron chi connectivity index (χ2n) is 4.92. The summed E-state index contributed by atoms with van der Waals surface area (Å²) >= 11 is 2.39. The molecule has 3 aliphatic rings. The molecule has 6 heteroatoms. The maximum atomic E-state index is 5.70. The molecule has 20 heavy (non-hydrogen) atoms. The van der Waals surface area contributed by atoms with Gasteiger partial charge in [-0.3, -0.25) is 4.99 Å². The van der Waals surface area contributed by atoms with Crippen LogP contribution in [0.2, 0.25) is 0 Å². The molecule has 2 atom stereocenters. The topological polar surface area (TPSA) is 43.3 Å². The minimum Gasteiger partial charge on any atom is -0.491 e. The van der Waals surface area contributed by atoms with Gasteiger partial charge < -0.3 is 19.1 Å². The van der Waals surface area contributed by atoms with Crippen molar-refractivity contribution in [1.29, 1.82) is 0 Å². The molecule has 5 nitrogen and oxygen atoms in total. The fraction of sp³-hybridized carbons (Fsp3) is 0.643. The standard InChI is InChI=1S/C14H19IN2O3/c15-12-10-16-13-9-11(4-5-17(12)13)18-7-8-20-14-3-1-2-6-19-14/h4-5,9,12,14H,1-3,6-8,10H2. The Morgan fingerprint density at radius 1 is 1.40 bits per heavy atom. The second-order valence-corrected chi connectivity index (χ2v) is 6.36. The summed E-state index contributed by atoms with van der Waals surface area (Å²) in [6.07, 6.45) is 9.27. The Kier molecular flexibility index (Phi) is 4.95. The maximum absolute atomic E-state index is 5.70. The normalized spacial score (nSPS) is 28.9. The maximum Gasteiger partial charge on any atom is 0.157 e. The van der Waals surface area contributed by atoms with Crippen LogP contribution in [0.15, 0.2) is 29.1 Å². The van der Waals surface area contributed by atoms with Crippen molar-refractivity contribution in [2.45, 2.75) is 29.6 Å². The molecule has 0 aliphatic carbocycles. The summed E-state index contributed by atoms with van der Waals surface area (Å²) in [4.78, 5) is 6.62. The van der Waals surface area contributed by atoms with Crippen LogP contribution in [-0.2, 0) is 14.2 Å². The van der Waals surface area contributed by atoms with Crippen LogP contribution in [0.5, 0.6) is 0 Å². The Labute approximate surface area is 132 Å². The molecule has 110 valence electrons. The van der Waals surface area contributed by atoms with Crippen molar-refractivity contribution >= 4 is 28.4 Å². The summed E-state index contributed by atoms with van der Waals surface area (Å²) in [7, 11) is 0. The van der Waals surface area contributed by atoms with Gasteiger partial charge in [-0.1, -0.05) is 22.6 Å². The zero-order valence-corrected chi connectivity index (χ0v) is 13.5. The average Bonchev–Trinajstić information content (AvgIpc) is 2.86. The Balaban J connectivity index is 1.39. The minimum absolute atomic E-state index is 0.0438. The quantitative estimate of drug-likeness (QED) is 0.313. The van der Waals surface area contributed by atoms with E-state index in [9.17, 15) is 0 Å². The lowest BCUT2D eigenvalue weighted by atomic mass is 10.2. The number of rotatable bonds is 5. The molecule has 2 unspecified atom stereocenters. The lowest BCUT2D eigenvalue weighted by Gasteiger charge is -2.23. The van der Waals surface area contributed by atoms with Gasteiger partial charge in [0.15, 0.2) is 6.29 Å². The number of ether oxygens (including phenoxy) is 3. The van der Waals surface area contributed by atoms with E-state index in [0.29, 0.717) is 17.3 Å². The highest BCUT2D eigenvalue weighted by molar-refractivity contribution is 14.1. The van der Waals surface area contributed by atoms with Gasteiger partial charge in [-0.25, -0.2) is 0 Å². The molecule has 0 aromatic heterocycles. The Morgan fingerprint density at radius 2 is 2.35 bits per heavy atom. The van der Waals surface area contributed by atoms with E-state index in [2.05, 4.69) is 32.5 Å². The molecule has 0 saturated carbocycles. The number of allylic oxidation sites excluding steroid dienone is 1. The Hall–Kier alpha value is -0.600. The molecule has 0 spiro atoms.